The van der Waals surface area contributed by atoms with Crippen molar-refractivity contribution in [3.8, 4) is 11.5 Å². The minimum atomic E-state index is -3.70. The number of fused-ring (bicyclic) bond motifs is 1. The van der Waals surface area contributed by atoms with Crippen LogP contribution in [0.2, 0.25) is 5.02 Å². The number of hydrogen-bond acceptors (Lipinski definition) is 6. The minimum absolute atomic E-state index is 0.0535. The monoisotopic (exact) mass is 465 g/mol. The Labute approximate surface area is 186 Å². The van der Waals surface area contributed by atoms with Crippen molar-refractivity contribution in [1.29, 1.82) is 0 Å². The molecule has 2 aromatic carbocycles. The van der Waals surface area contributed by atoms with Gasteiger partial charge in [0.05, 0.1) is 22.0 Å². The van der Waals surface area contributed by atoms with Gasteiger partial charge in [0, 0.05) is 26.2 Å². The third kappa shape index (κ3) is 4.79. The number of sulfonamides is 1. The molecule has 166 valence electrons. The Bertz CT molecular complexity index is 1070. The van der Waals surface area contributed by atoms with Crippen molar-refractivity contribution in [3.05, 3.63) is 53.1 Å². The van der Waals surface area contributed by atoms with Gasteiger partial charge in [-0.2, -0.15) is 4.31 Å². The second-order valence-corrected chi connectivity index (χ2v) is 9.90. The van der Waals surface area contributed by atoms with E-state index in [1.165, 1.54) is 22.5 Å². The Hall–Kier alpha value is -2.33. The van der Waals surface area contributed by atoms with Crippen LogP contribution in [-0.4, -0.2) is 76.0 Å². The zero-order valence-electron chi connectivity index (χ0n) is 17.1. The molecule has 1 N–H and O–H groups in total. The molecule has 8 nitrogen and oxygen atoms in total. The number of para-hydroxylation sites is 2. The molecule has 2 aliphatic heterocycles. The highest BCUT2D eigenvalue weighted by Gasteiger charge is 2.29. The lowest BCUT2D eigenvalue weighted by Crippen LogP contribution is -2.47. The van der Waals surface area contributed by atoms with Crippen LogP contribution in [0, 0.1) is 0 Å². The van der Waals surface area contributed by atoms with Crippen LogP contribution in [0.15, 0.2) is 47.4 Å². The molecule has 1 amide bonds. The molecule has 1 saturated heterocycles. The van der Waals surface area contributed by atoms with Gasteiger partial charge in [-0.1, -0.05) is 23.7 Å². The van der Waals surface area contributed by atoms with E-state index in [2.05, 4.69) is 10.2 Å². The summed E-state index contributed by atoms with van der Waals surface area (Å²) in [6.45, 7) is 2.62. The van der Waals surface area contributed by atoms with Crippen molar-refractivity contribution in [3.63, 3.8) is 0 Å². The summed E-state index contributed by atoms with van der Waals surface area (Å²) in [5.74, 6) is 0.809. The molecule has 1 atom stereocenters. The molecule has 4 rings (SSSR count). The first-order valence-electron chi connectivity index (χ1n) is 9.99. The van der Waals surface area contributed by atoms with Gasteiger partial charge in [0.25, 0.3) is 5.91 Å². The number of likely N-dealkylation sites (N-methyl/N-ethyl adjacent to an activating group) is 1. The molecule has 0 radical (unpaired) electrons. The Morgan fingerprint density at radius 2 is 1.84 bits per heavy atom. The summed E-state index contributed by atoms with van der Waals surface area (Å²) in [5, 5.41) is 2.94. The van der Waals surface area contributed by atoms with Crippen molar-refractivity contribution < 1.29 is 22.7 Å². The number of nitrogens with one attached hydrogen (secondary N) is 1. The zero-order chi connectivity index (χ0) is 22.0. The standard InChI is InChI=1S/C21H24ClN3O5S/c1-24-8-10-25(11-9-24)31(27,28)16-6-7-18(22)17(12-16)21(26)23-13-15-14-29-19-4-2-3-5-20(19)30-15/h2-7,12,15H,8-11,13-14H2,1H3,(H,23,26). The maximum atomic E-state index is 13.0. The molecule has 2 heterocycles. The third-order valence-electron chi connectivity index (χ3n) is 5.34. The molecular weight excluding hydrogens is 442 g/mol. The Kier molecular flexibility index (Phi) is 6.38. The van der Waals surface area contributed by atoms with E-state index >= 15 is 0 Å². The number of rotatable bonds is 5. The summed E-state index contributed by atoms with van der Waals surface area (Å²) in [6, 6.07) is 11.5. The van der Waals surface area contributed by atoms with Crippen LogP contribution >= 0.6 is 11.6 Å². The first-order valence-corrected chi connectivity index (χ1v) is 11.8. The summed E-state index contributed by atoms with van der Waals surface area (Å²) in [6.07, 6.45) is -0.366. The van der Waals surface area contributed by atoms with Gasteiger partial charge in [0.15, 0.2) is 11.5 Å². The molecular formula is C21H24ClN3O5S. The first-order chi connectivity index (χ1) is 14.8. The van der Waals surface area contributed by atoms with Gasteiger partial charge >= 0.3 is 0 Å². The molecule has 1 unspecified atom stereocenters. The van der Waals surface area contributed by atoms with E-state index in [0.717, 1.165) is 0 Å². The van der Waals surface area contributed by atoms with E-state index in [9.17, 15) is 13.2 Å². The fourth-order valence-electron chi connectivity index (χ4n) is 3.48. The molecule has 1 fully saturated rings. The van der Waals surface area contributed by atoms with Crippen LogP contribution in [0.25, 0.3) is 0 Å². The van der Waals surface area contributed by atoms with Crippen molar-refractivity contribution in [2.45, 2.75) is 11.0 Å². The van der Waals surface area contributed by atoms with Crippen LogP contribution in [0.3, 0.4) is 0 Å². The lowest BCUT2D eigenvalue weighted by molar-refractivity contribution is 0.0789. The number of ether oxygens (including phenoxy) is 2. The highest BCUT2D eigenvalue weighted by atomic mass is 35.5. The summed E-state index contributed by atoms with van der Waals surface area (Å²) < 4.78 is 38.9. The number of benzene rings is 2. The van der Waals surface area contributed by atoms with E-state index in [-0.39, 0.29) is 28.1 Å². The number of nitrogens with zero attached hydrogens (tertiary/aromatic N) is 2. The van der Waals surface area contributed by atoms with Gasteiger partial charge in [-0.25, -0.2) is 8.42 Å². The molecule has 0 saturated carbocycles. The normalized spacial score (nSPS) is 19.7. The Morgan fingerprint density at radius 3 is 2.58 bits per heavy atom. The first kappa shape index (κ1) is 21.9. The summed E-state index contributed by atoms with van der Waals surface area (Å²) in [4.78, 5) is 14.9. The molecule has 0 aliphatic carbocycles. The molecule has 0 bridgehead atoms. The van der Waals surface area contributed by atoms with Crippen LogP contribution in [0.4, 0.5) is 0 Å². The minimum Gasteiger partial charge on any atom is -0.486 e. The molecule has 2 aromatic rings. The number of carbonyl (C=O) groups is 1. The highest BCUT2D eigenvalue weighted by Crippen LogP contribution is 2.30. The number of halogens is 1. The summed E-state index contributed by atoms with van der Waals surface area (Å²) >= 11 is 6.20. The van der Waals surface area contributed by atoms with E-state index < -0.39 is 15.9 Å². The number of hydrogen-bond donors (Lipinski definition) is 1. The molecule has 31 heavy (non-hydrogen) atoms. The van der Waals surface area contributed by atoms with Crippen LogP contribution in [0.1, 0.15) is 10.4 Å². The summed E-state index contributed by atoms with van der Waals surface area (Å²) in [5.41, 5.74) is 0.106. The fraction of sp³-hybridized carbons (Fsp3) is 0.381. The third-order valence-corrected chi connectivity index (χ3v) is 7.56. The SMILES string of the molecule is CN1CCN(S(=O)(=O)c2ccc(Cl)c(C(=O)NCC3COc4ccccc4O3)c2)CC1. The van der Waals surface area contributed by atoms with Crippen LogP contribution in [-0.2, 0) is 10.0 Å². The smallest absolute Gasteiger partial charge is 0.252 e. The van der Waals surface area contributed by atoms with Crippen molar-refractivity contribution >= 4 is 27.5 Å². The second-order valence-electron chi connectivity index (χ2n) is 7.56. The maximum absolute atomic E-state index is 13.0. The fourth-order valence-corrected chi connectivity index (χ4v) is 5.13. The Morgan fingerprint density at radius 1 is 1.13 bits per heavy atom. The van der Waals surface area contributed by atoms with Crippen LogP contribution < -0.4 is 14.8 Å². The van der Waals surface area contributed by atoms with Crippen molar-refractivity contribution in [2.24, 2.45) is 0 Å². The Balaban J connectivity index is 1.44. The predicted octanol–water partition coefficient (Wildman–Crippen LogP) is 1.85. The average molecular weight is 466 g/mol. The average Bonchev–Trinajstić information content (AvgIpc) is 2.77. The predicted molar refractivity (Wildman–Crippen MR) is 116 cm³/mol. The molecule has 0 aromatic heterocycles. The van der Waals surface area contributed by atoms with Gasteiger partial charge in [-0.3, -0.25) is 4.79 Å². The van der Waals surface area contributed by atoms with Gasteiger partial charge in [-0.05, 0) is 37.4 Å². The number of amides is 1. The molecule has 10 heteroatoms. The van der Waals surface area contributed by atoms with Gasteiger partial charge in [0.1, 0.15) is 12.7 Å². The van der Waals surface area contributed by atoms with Crippen molar-refractivity contribution in [2.75, 3.05) is 46.4 Å². The molecule has 2 aliphatic rings. The van der Waals surface area contributed by atoms with E-state index in [4.69, 9.17) is 21.1 Å². The highest BCUT2D eigenvalue weighted by molar-refractivity contribution is 7.89. The quantitative estimate of drug-likeness (QED) is 0.725. The zero-order valence-corrected chi connectivity index (χ0v) is 18.7. The number of carbonyl (C=O) groups excluding carboxylic acids is 1. The maximum Gasteiger partial charge on any atom is 0.252 e. The summed E-state index contributed by atoms with van der Waals surface area (Å²) in [7, 11) is -1.75. The second kappa shape index (κ2) is 9.04. The topological polar surface area (TPSA) is 88.2 Å². The van der Waals surface area contributed by atoms with E-state index in [0.29, 0.717) is 44.3 Å². The lowest BCUT2D eigenvalue weighted by atomic mass is 10.2. The van der Waals surface area contributed by atoms with Crippen molar-refractivity contribution in [1.82, 2.24) is 14.5 Å². The van der Waals surface area contributed by atoms with E-state index in [1.54, 1.807) is 6.07 Å². The van der Waals surface area contributed by atoms with Gasteiger partial charge < -0.3 is 19.7 Å². The largest absolute Gasteiger partial charge is 0.486 e. The van der Waals surface area contributed by atoms with Gasteiger partial charge in [0.2, 0.25) is 10.0 Å². The van der Waals surface area contributed by atoms with Crippen LogP contribution in [0.5, 0.6) is 11.5 Å². The lowest BCUT2D eigenvalue weighted by Gasteiger charge is -2.31. The van der Waals surface area contributed by atoms with E-state index in [1.807, 2.05) is 25.2 Å². The molecule has 0 spiro atoms. The number of piperazine rings is 1. The van der Waals surface area contributed by atoms with Gasteiger partial charge in [-0.15, -0.1) is 0 Å².